The lowest BCUT2D eigenvalue weighted by Crippen LogP contribution is -2.43. The van der Waals surface area contributed by atoms with Gasteiger partial charge in [0, 0.05) is 29.4 Å². The Morgan fingerprint density at radius 2 is 2.56 bits per heavy atom. The molecule has 1 aliphatic rings. The molecule has 16 heavy (non-hydrogen) atoms. The van der Waals surface area contributed by atoms with Crippen molar-refractivity contribution >= 4 is 33.2 Å². The van der Waals surface area contributed by atoms with Gasteiger partial charge < -0.3 is 15.2 Å². The van der Waals surface area contributed by atoms with Crippen molar-refractivity contribution in [1.29, 1.82) is 0 Å². The van der Waals surface area contributed by atoms with Crippen molar-refractivity contribution in [3.05, 3.63) is 20.8 Å². The first-order valence-electron chi connectivity index (χ1n) is 4.91. The van der Waals surface area contributed by atoms with E-state index in [9.17, 15) is 9.90 Å². The number of thiophene rings is 1. The molecule has 2 heterocycles. The summed E-state index contributed by atoms with van der Waals surface area (Å²) in [5.41, 5.74) is -0.899. The molecule has 1 fully saturated rings. The Bertz CT molecular complexity index is 387. The summed E-state index contributed by atoms with van der Waals surface area (Å²) in [6, 6.07) is 1.76. The normalized spacial score (nSPS) is 24.6. The van der Waals surface area contributed by atoms with E-state index in [1.807, 2.05) is 5.38 Å². The molecular weight excluding hydrogens is 294 g/mol. The van der Waals surface area contributed by atoms with E-state index in [-0.39, 0.29) is 12.5 Å². The number of carbonyl (C=O) groups is 1. The summed E-state index contributed by atoms with van der Waals surface area (Å²) in [4.78, 5) is 12.3. The number of aliphatic hydroxyl groups is 1. The molecule has 1 amide bonds. The number of ether oxygens (including phenoxy) is 1. The standard InChI is InChI=1S/C10H12BrNO3S/c11-7-3-8(16-4-7)9(13)12-5-10(14)1-2-15-6-10/h3-4,14H,1-2,5-6H2,(H,12,13)/t10-/m0/s1. The maximum absolute atomic E-state index is 11.7. The molecule has 0 saturated carbocycles. The summed E-state index contributed by atoms with van der Waals surface area (Å²) >= 11 is 4.66. The first kappa shape index (κ1) is 12.0. The topological polar surface area (TPSA) is 58.6 Å². The van der Waals surface area contributed by atoms with Crippen molar-refractivity contribution in [2.24, 2.45) is 0 Å². The van der Waals surface area contributed by atoms with Crippen LogP contribution in [-0.2, 0) is 4.74 Å². The van der Waals surface area contributed by atoms with Gasteiger partial charge in [-0.25, -0.2) is 0 Å². The van der Waals surface area contributed by atoms with Gasteiger partial charge in [-0.2, -0.15) is 0 Å². The van der Waals surface area contributed by atoms with Crippen molar-refractivity contribution in [2.75, 3.05) is 19.8 Å². The third-order valence-electron chi connectivity index (χ3n) is 2.45. The summed E-state index contributed by atoms with van der Waals surface area (Å²) in [6.45, 7) is 1.08. The average molecular weight is 306 g/mol. The third kappa shape index (κ3) is 2.82. The van der Waals surface area contributed by atoms with E-state index in [0.717, 1.165) is 4.47 Å². The van der Waals surface area contributed by atoms with E-state index in [1.54, 1.807) is 6.07 Å². The monoisotopic (exact) mass is 305 g/mol. The quantitative estimate of drug-likeness (QED) is 0.887. The fourth-order valence-corrected chi connectivity index (χ4v) is 2.84. The van der Waals surface area contributed by atoms with Gasteiger partial charge >= 0.3 is 0 Å². The first-order chi connectivity index (χ1) is 7.59. The molecule has 0 aromatic carbocycles. The minimum absolute atomic E-state index is 0.156. The highest BCUT2D eigenvalue weighted by atomic mass is 79.9. The Morgan fingerprint density at radius 1 is 1.75 bits per heavy atom. The lowest BCUT2D eigenvalue weighted by Gasteiger charge is -2.20. The van der Waals surface area contributed by atoms with Crippen LogP contribution in [-0.4, -0.2) is 36.4 Å². The Labute approximate surface area is 106 Å². The van der Waals surface area contributed by atoms with Crippen molar-refractivity contribution < 1.29 is 14.6 Å². The summed E-state index contributed by atoms with van der Waals surface area (Å²) in [5, 5.41) is 14.5. The van der Waals surface area contributed by atoms with Crippen LogP contribution in [0.4, 0.5) is 0 Å². The van der Waals surface area contributed by atoms with E-state index in [2.05, 4.69) is 21.2 Å². The van der Waals surface area contributed by atoms with Crippen LogP contribution in [0.15, 0.2) is 15.9 Å². The van der Waals surface area contributed by atoms with Gasteiger partial charge in [0.05, 0.1) is 11.5 Å². The molecule has 0 bridgehead atoms. The van der Waals surface area contributed by atoms with E-state index in [1.165, 1.54) is 11.3 Å². The Balaban J connectivity index is 1.88. The molecule has 1 aromatic rings. The van der Waals surface area contributed by atoms with Crippen molar-refractivity contribution in [3.63, 3.8) is 0 Å². The molecule has 6 heteroatoms. The van der Waals surface area contributed by atoms with Gasteiger partial charge in [-0.3, -0.25) is 4.79 Å². The zero-order chi connectivity index (χ0) is 11.6. The largest absolute Gasteiger partial charge is 0.386 e. The molecule has 1 saturated heterocycles. The lowest BCUT2D eigenvalue weighted by molar-refractivity contribution is 0.0265. The van der Waals surface area contributed by atoms with Crippen LogP contribution >= 0.6 is 27.3 Å². The van der Waals surface area contributed by atoms with Gasteiger partial charge in [0.2, 0.25) is 0 Å². The van der Waals surface area contributed by atoms with Gasteiger partial charge in [0.25, 0.3) is 5.91 Å². The number of amides is 1. The molecule has 0 aliphatic carbocycles. The lowest BCUT2D eigenvalue weighted by atomic mass is 10.0. The van der Waals surface area contributed by atoms with E-state index in [4.69, 9.17) is 4.74 Å². The predicted octanol–water partition coefficient (Wildman–Crippen LogP) is 1.39. The molecule has 0 radical (unpaired) electrons. The van der Waals surface area contributed by atoms with Crippen LogP contribution in [0.2, 0.25) is 0 Å². The minimum atomic E-state index is -0.899. The van der Waals surface area contributed by atoms with E-state index < -0.39 is 5.60 Å². The SMILES string of the molecule is O=C(NC[C@@]1(O)CCOC1)c1cc(Br)cs1. The van der Waals surface area contributed by atoms with Crippen LogP contribution in [0, 0.1) is 0 Å². The number of hydrogen-bond acceptors (Lipinski definition) is 4. The molecule has 2 N–H and O–H groups in total. The van der Waals surface area contributed by atoms with Gasteiger partial charge in [-0.05, 0) is 22.0 Å². The highest BCUT2D eigenvalue weighted by Crippen LogP contribution is 2.20. The smallest absolute Gasteiger partial charge is 0.261 e. The fraction of sp³-hybridized carbons (Fsp3) is 0.500. The zero-order valence-corrected chi connectivity index (χ0v) is 10.9. The molecule has 4 nitrogen and oxygen atoms in total. The molecule has 1 aromatic heterocycles. The average Bonchev–Trinajstić information content (AvgIpc) is 2.85. The Morgan fingerprint density at radius 3 is 3.12 bits per heavy atom. The zero-order valence-electron chi connectivity index (χ0n) is 8.53. The van der Waals surface area contributed by atoms with Gasteiger partial charge in [-0.15, -0.1) is 11.3 Å². The molecule has 0 spiro atoms. The van der Waals surface area contributed by atoms with E-state index >= 15 is 0 Å². The van der Waals surface area contributed by atoms with Crippen LogP contribution in [0.25, 0.3) is 0 Å². The summed E-state index contributed by atoms with van der Waals surface area (Å²) in [6.07, 6.45) is 0.571. The number of rotatable bonds is 3. The van der Waals surface area contributed by atoms with Crippen LogP contribution in [0.5, 0.6) is 0 Å². The van der Waals surface area contributed by atoms with E-state index in [0.29, 0.717) is 24.5 Å². The summed E-state index contributed by atoms with van der Waals surface area (Å²) in [7, 11) is 0. The molecule has 88 valence electrons. The summed E-state index contributed by atoms with van der Waals surface area (Å²) in [5.74, 6) is -0.156. The Hall–Kier alpha value is -0.430. The predicted molar refractivity (Wildman–Crippen MR) is 64.7 cm³/mol. The molecule has 1 aliphatic heterocycles. The van der Waals surface area contributed by atoms with Crippen LogP contribution < -0.4 is 5.32 Å². The van der Waals surface area contributed by atoms with Crippen molar-refractivity contribution in [2.45, 2.75) is 12.0 Å². The minimum Gasteiger partial charge on any atom is -0.386 e. The highest BCUT2D eigenvalue weighted by Gasteiger charge is 2.32. The highest BCUT2D eigenvalue weighted by molar-refractivity contribution is 9.10. The Kier molecular flexibility index (Phi) is 3.63. The molecule has 0 unspecified atom stereocenters. The maximum atomic E-state index is 11.7. The van der Waals surface area contributed by atoms with Crippen LogP contribution in [0.3, 0.4) is 0 Å². The molecule has 2 rings (SSSR count). The molecular formula is C10H12BrNO3S. The second-order valence-corrected chi connectivity index (χ2v) is 5.67. The first-order valence-corrected chi connectivity index (χ1v) is 6.59. The second-order valence-electron chi connectivity index (χ2n) is 3.84. The van der Waals surface area contributed by atoms with Gasteiger partial charge in [0.1, 0.15) is 5.60 Å². The molecule has 1 atom stereocenters. The second kappa shape index (κ2) is 4.83. The van der Waals surface area contributed by atoms with Crippen molar-refractivity contribution in [1.82, 2.24) is 5.32 Å². The third-order valence-corrected chi connectivity index (χ3v) is 4.14. The van der Waals surface area contributed by atoms with Gasteiger partial charge in [-0.1, -0.05) is 0 Å². The number of halogens is 1. The summed E-state index contributed by atoms with van der Waals surface area (Å²) < 4.78 is 5.99. The number of nitrogens with one attached hydrogen (secondary N) is 1. The van der Waals surface area contributed by atoms with Crippen LogP contribution in [0.1, 0.15) is 16.1 Å². The number of carbonyl (C=O) groups excluding carboxylic acids is 1. The number of hydrogen-bond donors (Lipinski definition) is 2. The maximum Gasteiger partial charge on any atom is 0.261 e. The van der Waals surface area contributed by atoms with Gasteiger partial charge in [0.15, 0.2) is 0 Å². The van der Waals surface area contributed by atoms with Crippen molar-refractivity contribution in [3.8, 4) is 0 Å². The fourth-order valence-electron chi connectivity index (χ4n) is 1.50.